The SMILES string of the molecule is COc1ccc(N2C[C@H](C(=O)OCc3cn4ccccc4n3)CC2=O)c(OC)c1. The van der Waals surface area contributed by atoms with Gasteiger partial charge in [0.25, 0.3) is 0 Å². The Hall–Kier alpha value is -3.55. The number of fused-ring (bicyclic) bond motifs is 1. The van der Waals surface area contributed by atoms with Gasteiger partial charge in [-0.05, 0) is 24.3 Å². The van der Waals surface area contributed by atoms with Gasteiger partial charge in [-0.1, -0.05) is 6.07 Å². The summed E-state index contributed by atoms with van der Waals surface area (Å²) in [5, 5.41) is 0. The molecule has 1 aliphatic heterocycles. The number of hydrogen-bond donors (Lipinski definition) is 0. The fourth-order valence-electron chi connectivity index (χ4n) is 3.43. The molecule has 1 aliphatic rings. The van der Waals surface area contributed by atoms with Gasteiger partial charge in [-0.3, -0.25) is 9.59 Å². The Balaban J connectivity index is 1.42. The Morgan fingerprint density at radius 1 is 1.21 bits per heavy atom. The minimum Gasteiger partial charge on any atom is -0.497 e. The molecule has 4 rings (SSSR count). The number of ether oxygens (including phenoxy) is 3. The maximum Gasteiger partial charge on any atom is 0.311 e. The smallest absolute Gasteiger partial charge is 0.311 e. The predicted octanol–water partition coefficient (Wildman–Crippen LogP) is 2.45. The number of anilines is 1. The number of benzene rings is 1. The Morgan fingerprint density at radius 3 is 2.83 bits per heavy atom. The Bertz CT molecular complexity index is 1030. The number of amides is 1. The predicted molar refractivity (Wildman–Crippen MR) is 105 cm³/mol. The maximum absolute atomic E-state index is 12.5. The molecular formula is C21H21N3O5. The van der Waals surface area contributed by atoms with Crippen LogP contribution in [-0.2, 0) is 20.9 Å². The van der Waals surface area contributed by atoms with Crippen molar-refractivity contribution in [3.63, 3.8) is 0 Å². The van der Waals surface area contributed by atoms with Gasteiger partial charge in [0.1, 0.15) is 23.8 Å². The molecule has 8 heteroatoms. The molecular weight excluding hydrogens is 374 g/mol. The van der Waals surface area contributed by atoms with Gasteiger partial charge in [0.15, 0.2) is 0 Å². The molecule has 0 unspecified atom stereocenters. The fraction of sp³-hybridized carbons (Fsp3) is 0.286. The first kappa shape index (κ1) is 18.8. The Morgan fingerprint density at radius 2 is 2.07 bits per heavy atom. The summed E-state index contributed by atoms with van der Waals surface area (Å²) in [6, 6.07) is 10.9. The van der Waals surface area contributed by atoms with Crippen LogP contribution in [0.25, 0.3) is 5.65 Å². The molecule has 1 atom stereocenters. The third-order valence-corrected chi connectivity index (χ3v) is 4.91. The average Bonchev–Trinajstić information content (AvgIpc) is 3.34. The number of methoxy groups -OCH3 is 2. The van der Waals surface area contributed by atoms with Gasteiger partial charge in [-0.2, -0.15) is 0 Å². The fourth-order valence-corrected chi connectivity index (χ4v) is 3.43. The highest BCUT2D eigenvalue weighted by Gasteiger charge is 2.37. The lowest BCUT2D eigenvalue weighted by atomic mass is 10.1. The van der Waals surface area contributed by atoms with Crippen molar-refractivity contribution < 1.29 is 23.8 Å². The van der Waals surface area contributed by atoms with Crippen molar-refractivity contribution in [1.29, 1.82) is 0 Å². The molecule has 3 heterocycles. The maximum atomic E-state index is 12.5. The largest absolute Gasteiger partial charge is 0.497 e. The monoisotopic (exact) mass is 395 g/mol. The molecule has 150 valence electrons. The summed E-state index contributed by atoms with van der Waals surface area (Å²) in [7, 11) is 3.09. The Kier molecular flexibility index (Phi) is 5.07. The van der Waals surface area contributed by atoms with Crippen LogP contribution in [0.5, 0.6) is 11.5 Å². The van der Waals surface area contributed by atoms with Crippen LogP contribution in [-0.4, -0.2) is 42.0 Å². The zero-order valence-electron chi connectivity index (χ0n) is 16.2. The van der Waals surface area contributed by atoms with Crippen molar-refractivity contribution in [2.75, 3.05) is 25.7 Å². The van der Waals surface area contributed by atoms with Crippen LogP contribution < -0.4 is 14.4 Å². The van der Waals surface area contributed by atoms with Crippen molar-refractivity contribution in [1.82, 2.24) is 9.38 Å². The van der Waals surface area contributed by atoms with Crippen molar-refractivity contribution in [3.8, 4) is 11.5 Å². The number of carbonyl (C=O) groups is 2. The molecule has 0 radical (unpaired) electrons. The molecule has 0 bridgehead atoms. The highest BCUT2D eigenvalue weighted by molar-refractivity contribution is 6.00. The minimum atomic E-state index is -0.536. The van der Waals surface area contributed by atoms with E-state index in [2.05, 4.69) is 4.98 Å². The lowest BCUT2D eigenvalue weighted by Crippen LogP contribution is -2.26. The van der Waals surface area contributed by atoms with Crippen LogP contribution in [0.1, 0.15) is 12.1 Å². The topological polar surface area (TPSA) is 82.4 Å². The van der Waals surface area contributed by atoms with Crippen LogP contribution in [0.3, 0.4) is 0 Å². The number of esters is 1. The van der Waals surface area contributed by atoms with Crippen molar-refractivity contribution >= 4 is 23.2 Å². The number of hydrogen-bond acceptors (Lipinski definition) is 6. The second-order valence-electron chi connectivity index (χ2n) is 6.75. The summed E-state index contributed by atoms with van der Waals surface area (Å²) >= 11 is 0. The van der Waals surface area contributed by atoms with Gasteiger partial charge >= 0.3 is 5.97 Å². The quantitative estimate of drug-likeness (QED) is 0.597. The molecule has 1 saturated heterocycles. The molecule has 0 saturated carbocycles. The van der Waals surface area contributed by atoms with E-state index < -0.39 is 11.9 Å². The van der Waals surface area contributed by atoms with E-state index >= 15 is 0 Å². The van der Waals surface area contributed by atoms with Crippen molar-refractivity contribution in [2.24, 2.45) is 5.92 Å². The summed E-state index contributed by atoms with van der Waals surface area (Å²) < 4.78 is 17.9. The highest BCUT2D eigenvalue weighted by atomic mass is 16.5. The van der Waals surface area contributed by atoms with E-state index in [-0.39, 0.29) is 25.5 Å². The van der Waals surface area contributed by atoms with Gasteiger partial charge in [0, 0.05) is 31.4 Å². The van der Waals surface area contributed by atoms with E-state index in [1.165, 1.54) is 7.11 Å². The third-order valence-electron chi connectivity index (χ3n) is 4.91. The normalized spacial score (nSPS) is 16.3. The number of imidazole rings is 1. The zero-order valence-corrected chi connectivity index (χ0v) is 16.2. The average molecular weight is 395 g/mol. The Labute approximate surface area is 167 Å². The molecule has 0 aliphatic carbocycles. The van der Waals surface area contributed by atoms with Crippen molar-refractivity contribution in [3.05, 3.63) is 54.5 Å². The molecule has 3 aromatic rings. The van der Waals surface area contributed by atoms with E-state index in [1.807, 2.05) is 35.0 Å². The second kappa shape index (κ2) is 7.83. The molecule has 1 amide bonds. The first-order chi connectivity index (χ1) is 14.1. The first-order valence-electron chi connectivity index (χ1n) is 9.20. The highest BCUT2D eigenvalue weighted by Crippen LogP contribution is 2.36. The van der Waals surface area contributed by atoms with E-state index in [0.717, 1.165) is 5.65 Å². The number of nitrogens with zero attached hydrogens (tertiary/aromatic N) is 3. The number of aromatic nitrogens is 2. The van der Waals surface area contributed by atoms with Crippen molar-refractivity contribution in [2.45, 2.75) is 13.0 Å². The molecule has 8 nitrogen and oxygen atoms in total. The summed E-state index contributed by atoms with van der Waals surface area (Å²) in [4.78, 5) is 31.0. The second-order valence-corrected chi connectivity index (χ2v) is 6.75. The van der Waals surface area contributed by atoms with E-state index in [9.17, 15) is 9.59 Å². The lowest BCUT2D eigenvalue weighted by molar-refractivity contribution is -0.149. The van der Waals surface area contributed by atoms with Gasteiger partial charge in [-0.25, -0.2) is 4.98 Å². The molecule has 0 N–H and O–H groups in total. The molecule has 0 spiro atoms. The zero-order chi connectivity index (χ0) is 20.4. The summed E-state index contributed by atoms with van der Waals surface area (Å²) in [5.41, 5.74) is 2.05. The van der Waals surface area contributed by atoms with Crippen LogP contribution in [0.2, 0.25) is 0 Å². The van der Waals surface area contributed by atoms with E-state index in [0.29, 0.717) is 22.9 Å². The van der Waals surface area contributed by atoms with Crippen LogP contribution in [0, 0.1) is 5.92 Å². The number of rotatable bonds is 6. The minimum absolute atomic E-state index is 0.0665. The molecule has 29 heavy (non-hydrogen) atoms. The summed E-state index contributed by atoms with van der Waals surface area (Å²) in [5.74, 6) is 0.0388. The summed E-state index contributed by atoms with van der Waals surface area (Å²) in [6.07, 6.45) is 3.79. The van der Waals surface area contributed by atoms with Crippen LogP contribution in [0.15, 0.2) is 48.8 Å². The van der Waals surface area contributed by atoms with Gasteiger partial charge in [0.2, 0.25) is 5.91 Å². The third kappa shape index (κ3) is 3.73. The molecule has 1 fully saturated rings. The number of pyridine rings is 1. The molecule has 1 aromatic carbocycles. The van der Waals surface area contributed by atoms with Gasteiger partial charge in [-0.15, -0.1) is 0 Å². The van der Waals surface area contributed by atoms with E-state index in [1.54, 1.807) is 30.2 Å². The molecule has 2 aromatic heterocycles. The van der Waals surface area contributed by atoms with Crippen LogP contribution >= 0.6 is 0 Å². The number of carbonyl (C=O) groups excluding carboxylic acids is 2. The lowest BCUT2D eigenvalue weighted by Gasteiger charge is -2.20. The first-order valence-corrected chi connectivity index (χ1v) is 9.20. The van der Waals surface area contributed by atoms with E-state index in [4.69, 9.17) is 14.2 Å². The van der Waals surface area contributed by atoms with Crippen LogP contribution in [0.4, 0.5) is 5.69 Å². The standard InChI is InChI=1S/C21H21N3O5/c1-27-16-6-7-17(18(10-16)28-2)24-11-14(9-20(24)25)21(26)29-13-15-12-23-8-4-3-5-19(23)22-15/h3-8,10,12,14H,9,11,13H2,1-2H3/t14-/m1/s1. The summed E-state index contributed by atoms with van der Waals surface area (Å²) in [6.45, 7) is 0.308. The van der Waals surface area contributed by atoms with Gasteiger partial charge in [0.05, 0.1) is 31.5 Å². The van der Waals surface area contributed by atoms with Gasteiger partial charge < -0.3 is 23.5 Å².